The summed E-state index contributed by atoms with van der Waals surface area (Å²) in [5.41, 5.74) is 10.1. The van der Waals surface area contributed by atoms with Gasteiger partial charge in [0.15, 0.2) is 0 Å². The van der Waals surface area contributed by atoms with E-state index >= 15 is 0 Å². The molecule has 0 N–H and O–H groups in total. The molecule has 2 nitrogen and oxygen atoms in total. The Balaban J connectivity index is 1.17. The van der Waals surface area contributed by atoms with Crippen LogP contribution in [0.15, 0.2) is 218 Å². The Morgan fingerprint density at radius 1 is 0.268 bits per heavy atom. The third-order valence-corrected chi connectivity index (χ3v) is 10.8. The lowest BCUT2D eigenvalue weighted by Crippen LogP contribution is -1.94. The van der Waals surface area contributed by atoms with Gasteiger partial charge in [0.1, 0.15) is 0 Å². The number of nitrogens with zero attached hydrogens (tertiary/aromatic N) is 2. The zero-order valence-corrected chi connectivity index (χ0v) is 30.2. The fourth-order valence-electron chi connectivity index (χ4n) is 8.04. The minimum atomic E-state index is -0.267. The highest BCUT2D eigenvalue weighted by Gasteiger charge is 2.17. The highest BCUT2D eigenvalue weighted by molar-refractivity contribution is 6.13. The molecule has 0 unspecified atom stereocenters. The monoisotopic (exact) mass is 718 g/mol. The molecule has 0 saturated carbocycles. The molecule has 0 fully saturated rings. The molecule has 11 aromatic rings. The van der Waals surface area contributed by atoms with Gasteiger partial charge in [-0.1, -0.05) is 152 Å². The summed E-state index contributed by atoms with van der Waals surface area (Å²) in [6.07, 6.45) is 0. The molecular formula is C54H36N2. The van der Waals surface area contributed by atoms with Crippen LogP contribution in [0.25, 0.3) is 99.5 Å². The van der Waals surface area contributed by atoms with Gasteiger partial charge in [0, 0.05) is 32.9 Å². The van der Waals surface area contributed by atoms with E-state index in [0.717, 1.165) is 61.2 Å². The Morgan fingerprint density at radius 3 is 1.18 bits per heavy atom. The van der Waals surface area contributed by atoms with Crippen molar-refractivity contribution in [3.05, 3.63) is 218 Å². The minimum Gasteiger partial charge on any atom is -0.309 e. The molecule has 0 saturated heterocycles. The van der Waals surface area contributed by atoms with Crippen LogP contribution < -0.4 is 0 Å². The molecule has 56 heavy (non-hydrogen) atoms. The molecule has 2 heteroatoms. The van der Waals surface area contributed by atoms with Crippen LogP contribution in [0.1, 0.15) is 8.22 Å². The minimum absolute atomic E-state index is 0.000495. The number of benzene rings is 9. The molecule has 0 aliphatic heterocycles. The van der Waals surface area contributed by atoms with E-state index in [1.165, 1.54) is 0 Å². The van der Waals surface area contributed by atoms with Gasteiger partial charge in [-0.05, 0) is 111 Å². The Bertz CT molecular complexity index is 3540. The van der Waals surface area contributed by atoms with Gasteiger partial charge in [0.25, 0.3) is 0 Å². The van der Waals surface area contributed by atoms with Crippen molar-refractivity contribution in [1.29, 1.82) is 0 Å². The van der Waals surface area contributed by atoms with Crippen molar-refractivity contribution in [3.63, 3.8) is 0 Å². The van der Waals surface area contributed by atoms with Crippen LogP contribution in [0.3, 0.4) is 0 Å². The standard InChI is InChI=1S/C54H36N2/c1-4-12-37(13-5-1)40-20-27-45(28-21-40)55-51-19-11-10-18-47(51)48-35-43(25-32-52(48)55)44-26-33-54-50(36-44)49-34-42(39-16-8-3-9-17-39)24-31-53(49)56(54)46-29-22-41(23-30-46)38-14-6-2-7-15-38/h1-36H/i25D,26D,32D,33D,35D,36D. The van der Waals surface area contributed by atoms with Gasteiger partial charge in [-0.3, -0.25) is 0 Å². The molecule has 2 heterocycles. The lowest BCUT2D eigenvalue weighted by atomic mass is 9.99. The highest BCUT2D eigenvalue weighted by Crippen LogP contribution is 2.40. The average molecular weight is 719 g/mol. The Labute approximate surface area is 334 Å². The van der Waals surface area contributed by atoms with Gasteiger partial charge in [-0.15, -0.1) is 0 Å². The van der Waals surface area contributed by atoms with E-state index in [4.69, 9.17) is 0 Å². The smallest absolute Gasteiger partial charge is 0.0645 e. The second kappa shape index (κ2) is 13.2. The lowest BCUT2D eigenvalue weighted by Gasteiger charge is -2.11. The van der Waals surface area contributed by atoms with Gasteiger partial charge in [0.05, 0.1) is 30.3 Å². The molecule has 0 bridgehead atoms. The van der Waals surface area contributed by atoms with Gasteiger partial charge >= 0.3 is 0 Å². The van der Waals surface area contributed by atoms with Crippen LogP contribution in [0.4, 0.5) is 0 Å². The van der Waals surface area contributed by atoms with Crippen LogP contribution >= 0.6 is 0 Å². The predicted molar refractivity (Wildman–Crippen MR) is 237 cm³/mol. The Hall–Kier alpha value is -7.42. The molecule has 0 aliphatic rings. The van der Waals surface area contributed by atoms with Crippen LogP contribution in [-0.4, -0.2) is 9.13 Å². The quantitative estimate of drug-likeness (QED) is 0.162. The molecule has 0 atom stereocenters. The third kappa shape index (κ3) is 5.34. The zero-order valence-electron chi connectivity index (χ0n) is 36.2. The van der Waals surface area contributed by atoms with Crippen molar-refractivity contribution in [1.82, 2.24) is 9.13 Å². The summed E-state index contributed by atoms with van der Waals surface area (Å²) in [6.45, 7) is 0. The first-order valence-corrected chi connectivity index (χ1v) is 18.8. The number of aromatic nitrogens is 2. The maximum Gasteiger partial charge on any atom is 0.0645 e. The number of hydrogen-bond acceptors (Lipinski definition) is 0. The first kappa shape index (κ1) is 26.4. The van der Waals surface area contributed by atoms with E-state index in [9.17, 15) is 8.22 Å². The SMILES string of the molecule is [2H]c1c(-c2c([2H])c([2H])c3c(c2[2H])c2cc(-c4ccccc4)ccc2n3-c2ccc(-c3ccccc3)cc2)c([2H])c2c3ccccc3n(-c3ccc(-c4ccccc4)cc3)c2c1[2H]. The fraction of sp³-hybridized carbons (Fsp3) is 0. The van der Waals surface area contributed by atoms with E-state index < -0.39 is 0 Å². The summed E-state index contributed by atoms with van der Waals surface area (Å²) in [5.74, 6) is 0. The maximum absolute atomic E-state index is 10.0. The molecule has 0 amide bonds. The molecule has 262 valence electrons. The van der Waals surface area contributed by atoms with E-state index in [1.807, 2.05) is 167 Å². The molecule has 11 rings (SSSR count). The summed E-state index contributed by atoms with van der Waals surface area (Å²) in [7, 11) is 0. The van der Waals surface area contributed by atoms with Crippen LogP contribution in [0.5, 0.6) is 0 Å². The van der Waals surface area contributed by atoms with E-state index in [-0.39, 0.29) is 47.4 Å². The Morgan fingerprint density at radius 2 is 0.661 bits per heavy atom. The second-order valence-electron chi connectivity index (χ2n) is 14.1. The van der Waals surface area contributed by atoms with Gasteiger partial charge < -0.3 is 9.13 Å². The summed E-state index contributed by atoms with van der Waals surface area (Å²) >= 11 is 0. The first-order valence-electron chi connectivity index (χ1n) is 21.8. The Kier molecular flexibility index (Phi) is 6.20. The summed E-state index contributed by atoms with van der Waals surface area (Å²) in [6, 6.07) is 59.2. The van der Waals surface area contributed by atoms with Crippen molar-refractivity contribution in [3.8, 4) is 55.9 Å². The first-order chi connectivity index (χ1) is 30.3. The van der Waals surface area contributed by atoms with Crippen molar-refractivity contribution in [2.24, 2.45) is 0 Å². The summed E-state index contributed by atoms with van der Waals surface area (Å²) in [5, 5.41) is 2.35. The van der Waals surface area contributed by atoms with Crippen LogP contribution in [0, 0.1) is 0 Å². The average Bonchev–Trinajstić information content (AvgIpc) is 3.86. The topological polar surface area (TPSA) is 9.86 Å². The number of rotatable bonds is 6. The number of hydrogen-bond donors (Lipinski definition) is 0. The van der Waals surface area contributed by atoms with Gasteiger partial charge in [-0.25, -0.2) is 0 Å². The van der Waals surface area contributed by atoms with Crippen LogP contribution in [-0.2, 0) is 0 Å². The highest BCUT2D eigenvalue weighted by atomic mass is 15.0. The molecule has 0 spiro atoms. The fourth-order valence-corrected chi connectivity index (χ4v) is 8.04. The largest absolute Gasteiger partial charge is 0.309 e. The van der Waals surface area contributed by atoms with Crippen LogP contribution in [0.2, 0.25) is 0 Å². The molecule has 9 aromatic carbocycles. The normalized spacial score (nSPS) is 13.1. The van der Waals surface area contributed by atoms with Gasteiger partial charge in [-0.2, -0.15) is 0 Å². The van der Waals surface area contributed by atoms with E-state index in [2.05, 4.69) is 24.3 Å². The van der Waals surface area contributed by atoms with E-state index in [0.29, 0.717) is 27.2 Å². The van der Waals surface area contributed by atoms with Crippen molar-refractivity contribution in [2.75, 3.05) is 0 Å². The lowest BCUT2D eigenvalue weighted by molar-refractivity contribution is 1.18. The predicted octanol–water partition coefficient (Wildman–Crippen LogP) is 14.5. The number of para-hydroxylation sites is 1. The summed E-state index contributed by atoms with van der Waals surface area (Å²) in [4.78, 5) is 0. The second-order valence-corrected chi connectivity index (χ2v) is 14.1. The third-order valence-electron chi connectivity index (χ3n) is 10.8. The molecular weight excluding hydrogens is 677 g/mol. The van der Waals surface area contributed by atoms with Gasteiger partial charge in [0.2, 0.25) is 0 Å². The summed E-state index contributed by atoms with van der Waals surface area (Å²) < 4.78 is 62.3. The maximum atomic E-state index is 10.0. The zero-order chi connectivity index (χ0) is 42.2. The van der Waals surface area contributed by atoms with E-state index in [1.54, 1.807) is 0 Å². The van der Waals surface area contributed by atoms with Crippen molar-refractivity contribution in [2.45, 2.75) is 0 Å². The van der Waals surface area contributed by atoms with Crippen molar-refractivity contribution >= 4 is 43.6 Å². The molecule has 0 radical (unpaired) electrons. The number of fused-ring (bicyclic) bond motifs is 6. The molecule has 2 aromatic heterocycles. The molecule has 0 aliphatic carbocycles. The van der Waals surface area contributed by atoms with Crippen molar-refractivity contribution < 1.29 is 8.22 Å².